The first kappa shape index (κ1) is 15.3. The molecule has 2 rings (SSSR count). The van der Waals surface area contributed by atoms with E-state index in [9.17, 15) is 0 Å². The fourth-order valence-electron chi connectivity index (χ4n) is 1.90. The van der Waals surface area contributed by atoms with Crippen LogP contribution >= 0.6 is 0 Å². The minimum absolute atomic E-state index is 0.0514. The first-order chi connectivity index (χ1) is 10.2. The second-order valence-corrected chi connectivity index (χ2v) is 4.86. The van der Waals surface area contributed by atoms with E-state index in [1.54, 1.807) is 7.11 Å². The summed E-state index contributed by atoms with van der Waals surface area (Å²) in [6.45, 7) is 5.06. The highest BCUT2D eigenvalue weighted by molar-refractivity contribution is 5.56. The number of methoxy groups -OCH3 is 1. The number of aromatic nitrogens is 2. The predicted octanol–water partition coefficient (Wildman–Crippen LogP) is 2.91. The molecule has 1 unspecified atom stereocenters. The summed E-state index contributed by atoms with van der Waals surface area (Å²) in [5, 5.41) is 11.5. The van der Waals surface area contributed by atoms with E-state index in [0.717, 1.165) is 24.4 Å². The molecule has 0 bridgehead atoms. The van der Waals surface area contributed by atoms with Crippen molar-refractivity contribution in [2.45, 2.75) is 26.3 Å². The molecule has 6 nitrogen and oxygen atoms in total. The number of hydrogen-bond acceptors (Lipinski definition) is 6. The fourth-order valence-corrected chi connectivity index (χ4v) is 1.90. The Morgan fingerprint density at radius 2 is 2.00 bits per heavy atom. The molecule has 0 aliphatic rings. The Balaban J connectivity index is 2.08. The van der Waals surface area contributed by atoms with Crippen molar-refractivity contribution in [3.8, 4) is 5.75 Å². The molecule has 21 heavy (non-hydrogen) atoms. The number of rotatable bonds is 7. The number of ether oxygens (including phenoxy) is 1. The molecule has 0 amide bonds. The van der Waals surface area contributed by atoms with E-state index in [4.69, 9.17) is 9.15 Å². The van der Waals surface area contributed by atoms with Crippen LogP contribution in [0.2, 0.25) is 0 Å². The van der Waals surface area contributed by atoms with Crippen LogP contribution in [0, 0.1) is 0 Å². The van der Waals surface area contributed by atoms with Crippen molar-refractivity contribution < 1.29 is 9.15 Å². The van der Waals surface area contributed by atoms with Crippen molar-refractivity contribution in [1.82, 2.24) is 15.5 Å². The molecule has 1 N–H and O–H groups in total. The van der Waals surface area contributed by atoms with Gasteiger partial charge < -0.3 is 14.5 Å². The zero-order valence-corrected chi connectivity index (χ0v) is 13.0. The first-order valence-corrected chi connectivity index (χ1v) is 7.10. The molecule has 0 aliphatic carbocycles. The molecule has 0 aliphatic heterocycles. The van der Waals surface area contributed by atoms with Gasteiger partial charge in [0.15, 0.2) is 0 Å². The number of nitrogens with zero attached hydrogens (tertiary/aromatic N) is 3. The van der Waals surface area contributed by atoms with E-state index in [-0.39, 0.29) is 6.04 Å². The molecule has 0 saturated carbocycles. The Morgan fingerprint density at radius 1 is 1.29 bits per heavy atom. The van der Waals surface area contributed by atoms with E-state index in [2.05, 4.69) is 22.4 Å². The Labute approximate surface area is 125 Å². The van der Waals surface area contributed by atoms with Crippen molar-refractivity contribution in [2.24, 2.45) is 0 Å². The molecule has 1 aromatic heterocycles. The number of benzene rings is 1. The van der Waals surface area contributed by atoms with Crippen molar-refractivity contribution >= 4 is 11.7 Å². The number of nitrogens with one attached hydrogen (secondary N) is 1. The van der Waals surface area contributed by atoms with Crippen LogP contribution in [0.4, 0.5) is 11.7 Å². The van der Waals surface area contributed by atoms with Crippen LogP contribution in [-0.2, 0) is 0 Å². The summed E-state index contributed by atoms with van der Waals surface area (Å²) >= 11 is 0. The number of anilines is 2. The van der Waals surface area contributed by atoms with Crippen molar-refractivity contribution in [2.75, 3.05) is 25.6 Å². The summed E-state index contributed by atoms with van der Waals surface area (Å²) in [5.41, 5.74) is 0.958. The van der Waals surface area contributed by atoms with Crippen LogP contribution in [0.15, 0.2) is 28.7 Å². The van der Waals surface area contributed by atoms with Gasteiger partial charge in [0.1, 0.15) is 5.75 Å². The topological polar surface area (TPSA) is 63.4 Å². The SMILES string of the molecule is CCCNC(C)c1nnc(N(C)c2ccc(OC)cc2)o1. The summed E-state index contributed by atoms with van der Waals surface area (Å²) in [6, 6.07) is 8.21. The van der Waals surface area contributed by atoms with Gasteiger partial charge in [-0.15, -0.1) is 5.10 Å². The zero-order chi connectivity index (χ0) is 15.2. The van der Waals surface area contributed by atoms with Crippen LogP contribution in [0.25, 0.3) is 0 Å². The smallest absolute Gasteiger partial charge is 0.322 e. The van der Waals surface area contributed by atoms with Crippen LogP contribution in [0.5, 0.6) is 5.75 Å². The van der Waals surface area contributed by atoms with Crippen molar-refractivity contribution in [3.63, 3.8) is 0 Å². The van der Waals surface area contributed by atoms with Gasteiger partial charge in [0, 0.05) is 12.7 Å². The van der Waals surface area contributed by atoms with E-state index in [0.29, 0.717) is 11.9 Å². The molecule has 0 spiro atoms. The van der Waals surface area contributed by atoms with Crippen LogP contribution < -0.4 is 15.0 Å². The fraction of sp³-hybridized carbons (Fsp3) is 0.467. The minimum atomic E-state index is 0.0514. The second kappa shape index (κ2) is 7.08. The van der Waals surface area contributed by atoms with E-state index < -0.39 is 0 Å². The van der Waals surface area contributed by atoms with Crippen LogP contribution in [0.3, 0.4) is 0 Å². The van der Waals surface area contributed by atoms with Gasteiger partial charge in [-0.05, 0) is 44.2 Å². The summed E-state index contributed by atoms with van der Waals surface area (Å²) in [6.07, 6.45) is 1.07. The van der Waals surface area contributed by atoms with Crippen molar-refractivity contribution in [1.29, 1.82) is 0 Å². The highest BCUT2D eigenvalue weighted by atomic mass is 16.5. The van der Waals surface area contributed by atoms with Crippen LogP contribution in [0.1, 0.15) is 32.2 Å². The lowest BCUT2D eigenvalue weighted by Gasteiger charge is -2.14. The third kappa shape index (κ3) is 3.72. The van der Waals surface area contributed by atoms with Gasteiger partial charge in [-0.25, -0.2) is 0 Å². The van der Waals surface area contributed by atoms with E-state index >= 15 is 0 Å². The highest BCUT2D eigenvalue weighted by Crippen LogP contribution is 2.25. The number of hydrogen-bond donors (Lipinski definition) is 1. The summed E-state index contributed by atoms with van der Waals surface area (Å²) in [7, 11) is 3.54. The maximum atomic E-state index is 5.73. The minimum Gasteiger partial charge on any atom is -0.497 e. The van der Waals surface area contributed by atoms with E-state index in [1.807, 2.05) is 43.1 Å². The lowest BCUT2D eigenvalue weighted by atomic mass is 10.3. The van der Waals surface area contributed by atoms with E-state index in [1.165, 1.54) is 0 Å². The molecule has 114 valence electrons. The standard InChI is InChI=1S/C15H22N4O2/c1-5-10-16-11(2)14-17-18-15(21-14)19(3)12-6-8-13(20-4)9-7-12/h6-9,11,16H,5,10H2,1-4H3. The normalized spacial score (nSPS) is 12.2. The Bertz CT molecular complexity index is 553. The molecule has 1 aromatic carbocycles. The predicted molar refractivity (Wildman–Crippen MR) is 82.1 cm³/mol. The Kier molecular flexibility index (Phi) is 5.16. The van der Waals surface area contributed by atoms with Crippen LogP contribution in [-0.4, -0.2) is 30.9 Å². The molecule has 6 heteroatoms. The molecule has 2 aromatic rings. The summed E-state index contributed by atoms with van der Waals surface area (Å²) < 4.78 is 10.9. The quantitative estimate of drug-likeness (QED) is 0.846. The van der Waals surface area contributed by atoms with Gasteiger partial charge in [0.25, 0.3) is 0 Å². The lowest BCUT2D eigenvalue weighted by Crippen LogP contribution is -2.19. The molecular weight excluding hydrogens is 268 g/mol. The average molecular weight is 290 g/mol. The Morgan fingerprint density at radius 3 is 2.62 bits per heavy atom. The molecule has 1 atom stereocenters. The maximum absolute atomic E-state index is 5.73. The summed E-state index contributed by atoms with van der Waals surface area (Å²) in [5.74, 6) is 1.41. The Hall–Kier alpha value is -2.08. The molecule has 1 heterocycles. The second-order valence-electron chi connectivity index (χ2n) is 4.86. The van der Waals surface area contributed by atoms with Gasteiger partial charge in [0.2, 0.25) is 5.89 Å². The zero-order valence-electron chi connectivity index (χ0n) is 13.0. The monoisotopic (exact) mass is 290 g/mol. The largest absolute Gasteiger partial charge is 0.497 e. The molecule has 0 saturated heterocycles. The maximum Gasteiger partial charge on any atom is 0.322 e. The van der Waals surface area contributed by atoms with Gasteiger partial charge in [-0.1, -0.05) is 12.0 Å². The third-order valence-corrected chi connectivity index (χ3v) is 3.25. The van der Waals surface area contributed by atoms with Gasteiger partial charge in [-0.2, -0.15) is 0 Å². The molecular formula is C15H22N4O2. The molecule has 0 radical (unpaired) electrons. The van der Waals surface area contributed by atoms with Gasteiger partial charge in [0.05, 0.1) is 13.2 Å². The lowest BCUT2D eigenvalue weighted by molar-refractivity contribution is 0.414. The third-order valence-electron chi connectivity index (χ3n) is 3.25. The highest BCUT2D eigenvalue weighted by Gasteiger charge is 2.16. The summed E-state index contributed by atoms with van der Waals surface area (Å²) in [4.78, 5) is 1.85. The van der Waals surface area contributed by atoms with Crippen molar-refractivity contribution in [3.05, 3.63) is 30.2 Å². The average Bonchev–Trinajstić information content (AvgIpc) is 3.02. The first-order valence-electron chi connectivity index (χ1n) is 7.10. The van der Waals surface area contributed by atoms with Gasteiger partial charge >= 0.3 is 6.01 Å². The molecule has 0 fully saturated rings. The van der Waals surface area contributed by atoms with Gasteiger partial charge in [-0.3, -0.25) is 4.90 Å².